The first-order chi connectivity index (χ1) is 10.3. The zero-order valence-corrected chi connectivity index (χ0v) is 13.3. The number of fused-ring (bicyclic) bond motifs is 2. The van der Waals surface area contributed by atoms with Gasteiger partial charge in [0.25, 0.3) is 0 Å². The molecule has 2 heterocycles. The summed E-state index contributed by atoms with van der Waals surface area (Å²) in [7, 11) is 0. The van der Waals surface area contributed by atoms with E-state index in [-0.39, 0.29) is 0 Å². The monoisotopic (exact) mass is 331 g/mol. The molecular weight excluding hydrogens is 322 g/mol. The number of hydrogen-bond donors (Lipinski definition) is 0. The van der Waals surface area contributed by atoms with Gasteiger partial charge in [-0.1, -0.05) is 47.4 Å². The fourth-order valence-corrected chi connectivity index (χ4v) is 4.34. The van der Waals surface area contributed by atoms with Gasteiger partial charge in [-0.25, -0.2) is 0 Å². The van der Waals surface area contributed by atoms with Gasteiger partial charge in [-0.2, -0.15) is 0 Å². The van der Waals surface area contributed by atoms with E-state index < -0.39 is 0 Å². The van der Waals surface area contributed by atoms with Crippen LogP contribution in [0.4, 0.5) is 11.4 Å². The van der Waals surface area contributed by atoms with E-state index in [9.17, 15) is 0 Å². The second kappa shape index (κ2) is 5.33. The zero-order chi connectivity index (χ0) is 14.2. The third kappa shape index (κ3) is 2.41. The van der Waals surface area contributed by atoms with Gasteiger partial charge >= 0.3 is 0 Å². The Morgan fingerprint density at radius 2 is 1.52 bits per heavy atom. The Morgan fingerprint density at radius 3 is 2.10 bits per heavy atom. The van der Waals surface area contributed by atoms with Crippen LogP contribution in [-0.4, -0.2) is 10.2 Å². The van der Waals surface area contributed by atoms with Crippen molar-refractivity contribution in [2.45, 2.75) is 16.3 Å². The highest BCUT2D eigenvalue weighted by molar-refractivity contribution is 7.99. The molecule has 104 valence electrons. The molecule has 4 rings (SSSR count). The number of anilines is 2. The summed E-state index contributed by atoms with van der Waals surface area (Å²) >= 11 is 9.13. The van der Waals surface area contributed by atoms with Gasteiger partial charge in [0.2, 0.25) is 4.47 Å². The maximum absolute atomic E-state index is 5.90. The summed E-state index contributed by atoms with van der Waals surface area (Å²) < 4.78 is 0.484. The molecule has 1 aliphatic heterocycles. The number of nitrogens with zero attached hydrogens (tertiary/aromatic N) is 3. The summed E-state index contributed by atoms with van der Waals surface area (Å²) in [6, 6.07) is 16.8. The molecule has 3 aromatic rings. The third-order valence-corrected chi connectivity index (χ3v) is 5.40. The summed E-state index contributed by atoms with van der Waals surface area (Å²) in [5.74, 6) is 0. The van der Waals surface area contributed by atoms with Crippen LogP contribution in [0.1, 0.15) is 5.01 Å². The van der Waals surface area contributed by atoms with Crippen LogP contribution in [0.3, 0.4) is 0 Å². The van der Waals surface area contributed by atoms with E-state index in [1.165, 1.54) is 32.5 Å². The first-order valence-electron chi connectivity index (χ1n) is 6.42. The molecule has 0 fully saturated rings. The van der Waals surface area contributed by atoms with Crippen molar-refractivity contribution in [3.63, 3.8) is 0 Å². The minimum Gasteiger partial charge on any atom is -0.333 e. The van der Waals surface area contributed by atoms with Gasteiger partial charge in [0.1, 0.15) is 5.01 Å². The van der Waals surface area contributed by atoms with Gasteiger partial charge in [0.05, 0.1) is 17.9 Å². The van der Waals surface area contributed by atoms with Crippen LogP contribution in [0.5, 0.6) is 0 Å². The van der Waals surface area contributed by atoms with Crippen LogP contribution in [0.25, 0.3) is 0 Å². The highest BCUT2D eigenvalue weighted by atomic mass is 35.5. The third-order valence-electron chi connectivity index (χ3n) is 3.27. The van der Waals surface area contributed by atoms with Crippen molar-refractivity contribution in [2.24, 2.45) is 0 Å². The topological polar surface area (TPSA) is 29.0 Å². The summed E-state index contributed by atoms with van der Waals surface area (Å²) in [4.78, 5) is 4.79. The van der Waals surface area contributed by atoms with Gasteiger partial charge < -0.3 is 4.90 Å². The quantitative estimate of drug-likeness (QED) is 0.661. The maximum atomic E-state index is 5.90. The Balaban J connectivity index is 1.81. The summed E-state index contributed by atoms with van der Waals surface area (Å²) in [6.45, 7) is 0.680. The predicted octanol–water partition coefficient (Wildman–Crippen LogP) is 4.99. The SMILES string of the molecule is Clc1nnc(CN2c3ccccc3Sc3ccccc32)s1. The Kier molecular flexibility index (Phi) is 3.33. The van der Waals surface area contributed by atoms with E-state index >= 15 is 0 Å². The fourth-order valence-electron chi connectivity index (χ4n) is 2.38. The predicted molar refractivity (Wildman–Crippen MR) is 87.8 cm³/mol. The van der Waals surface area contributed by atoms with Crippen molar-refractivity contribution in [1.29, 1.82) is 0 Å². The van der Waals surface area contributed by atoms with Crippen molar-refractivity contribution < 1.29 is 0 Å². The second-order valence-electron chi connectivity index (χ2n) is 4.57. The molecule has 0 saturated heterocycles. The largest absolute Gasteiger partial charge is 0.333 e. The molecular formula is C15H10ClN3S2. The smallest absolute Gasteiger partial charge is 0.207 e. The summed E-state index contributed by atoms with van der Waals surface area (Å²) in [5.41, 5.74) is 2.40. The molecule has 2 aromatic carbocycles. The number of halogens is 1. The first kappa shape index (κ1) is 13.1. The highest BCUT2D eigenvalue weighted by Gasteiger charge is 2.23. The summed E-state index contributed by atoms with van der Waals surface area (Å²) in [5, 5.41) is 8.95. The first-order valence-corrected chi connectivity index (χ1v) is 8.44. The summed E-state index contributed by atoms with van der Waals surface area (Å²) in [6.07, 6.45) is 0. The van der Waals surface area contributed by atoms with Crippen molar-refractivity contribution in [3.05, 3.63) is 58.0 Å². The lowest BCUT2D eigenvalue weighted by Gasteiger charge is -2.31. The van der Waals surface area contributed by atoms with Gasteiger partial charge in [-0.05, 0) is 35.9 Å². The van der Waals surface area contributed by atoms with Gasteiger partial charge in [0.15, 0.2) is 0 Å². The van der Waals surface area contributed by atoms with E-state index in [1.807, 2.05) is 0 Å². The molecule has 0 unspecified atom stereocenters. The van der Waals surface area contributed by atoms with E-state index in [0.29, 0.717) is 11.0 Å². The van der Waals surface area contributed by atoms with Gasteiger partial charge in [-0.3, -0.25) is 0 Å². The lowest BCUT2D eigenvalue weighted by Crippen LogP contribution is -2.20. The van der Waals surface area contributed by atoms with Crippen LogP contribution in [0.15, 0.2) is 58.3 Å². The molecule has 6 heteroatoms. The molecule has 0 bridgehead atoms. The molecule has 0 N–H and O–H groups in total. The molecule has 3 nitrogen and oxygen atoms in total. The number of rotatable bonds is 2. The minimum absolute atomic E-state index is 0.484. The van der Waals surface area contributed by atoms with E-state index in [1.54, 1.807) is 11.8 Å². The van der Waals surface area contributed by atoms with Crippen LogP contribution in [-0.2, 0) is 6.54 Å². The normalized spacial score (nSPS) is 12.9. The lowest BCUT2D eigenvalue weighted by atomic mass is 10.2. The zero-order valence-electron chi connectivity index (χ0n) is 10.9. The van der Waals surface area contributed by atoms with E-state index in [0.717, 1.165) is 5.01 Å². The molecule has 1 aromatic heterocycles. The Morgan fingerprint density at radius 1 is 0.905 bits per heavy atom. The molecule has 1 aliphatic rings. The van der Waals surface area contributed by atoms with Gasteiger partial charge in [-0.15, -0.1) is 10.2 Å². The van der Waals surface area contributed by atoms with Crippen molar-refractivity contribution in [2.75, 3.05) is 4.90 Å². The molecule has 0 radical (unpaired) electrons. The van der Waals surface area contributed by atoms with E-state index in [2.05, 4.69) is 63.6 Å². The average molecular weight is 332 g/mol. The van der Waals surface area contributed by atoms with Crippen LogP contribution < -0.4 is 4.90 Å². The molecule has 0 aliphatic carbocycles. The molecule has 0 saturated carbocycles. The van der Waals surface area contributed by atoms with Crippen molar-refractivity contribution in [3.8, 4) is 0 Å². The molecule has 0 amide bonds. The minimum atomic E-state index is 0.484. The van der Waals surface area contributed by atoms with E-state index in [4.69, 9.17) is 11.6 Å². The lowest BCUT2D eigenvalue weighted by molar-refractivity contribution is 0.894. The Bertz CT molecular complexity index is 757. The van der Waals surface area contributed by atoms with Gasteiger partial charge in [0, 0.05) is 9.79 Å². The molecule has 0 atom stereocenters. The molecule has 0 spiro atoms. The maximum Gasteiger partial charge on any atom is 0.207 e. The Labute approximate surface area is 135 Å². The molecule has 21 heavy (non-hydrogen) atoms. The standard InChI is InChI=1S/C15H10ClN3S2/c16-15-18-17-14(21-15)9-19-10-5-1-3-7-12(10)20-13-8-4-2-6-11(13)19/h1-8H,9H2. The number of benzene rings is 2. The second-order valence-corrected chi connectivity index (χ2v) is 7.30. The average Bonchev–Trinajstić information content (AvgIpc) is 2.92. The number of aromatic nitrogens is 2. The van der Waals surface area contributed by atoms with Crippen LogP contribution in [0, 0.1) is 0 Å². The highest BCUT2D eigenvalue weighted by Crippen LogP contribution is 2.48. The van der Waals surface area contributed by atoms with Crippen molar-refractivity contribution in [1.82, 2.24) is 10.2 Å². The Hall–Kier alpha value is -1.56. The van der Waals surface area contributed by atoms with Crippen LogP contribution in [0.2, 0.25) is 4.47 Å². The number of para-hydroxylation sites is 2. The fraction of sp³-hybridized carbons (Fsp3) is 0.0667. The van der Waals surface area contributed by atoms with Crippen LogP contribution >= 0.6 is 34.7 Å². The number of hydrogen-bond acceptors (Lipinski definition) is 5. The van der Waals surface area contributed by atoms with Crippen molar-refractivity contribution >= 4 is 46.1 Å².